The maximum Gasteiger partial charge on any atom is 0.315 e. The van der Waals surface area contributed by atoms with E-state index in [-0.39, 0.29) is 6.03 Å². The van der Waals surface area contributed by atoms with Crippen molar-refractivity contribution in [1.82, 2.24) is 20.4 Å². The fourth-order valence-electron chi connectivity index (χ4n) is 3.71. The maximum absolute atomic E-state index is 12.1. The van der Waals surface area contributed by atoms with Crippen LogP contribution in [0.3, 0.4) is 0 Å². The molecular weight excluding hydrogens is 320 g/mol. The summed E-state index contributed by atoms with van der Waals surface area (Å²) in [6, 6.07) is 4.68. The number of thiophene rings is 1. The standard InChI is InChI=1S/C18H30N4OS/c1-21-9-6-16(7-10-21)20-18(23)19-12-15-4-2-8-22(13-15)14-17-5-3-11-24-17/h3,5,11,15-16H,2,4,6-10,12-14H2,1H3,(H2,19,20,23). The minimum Gasteiger partial charge on any atom is -0.338 e. The molecule has 134 valence electrons. The van der Waals surface area contributed by atoms with Crippen molar-refractivity contribution >= 4 is 17.4 Å². The van der Waals surface area contributed by atoms with Gasteiger partial charge in [-0.25, -0.2) is 4.79 Å². The van der Waals surface area contributed by atoms with E-state index >= 15 is 0 Å². The van der Waals surface area contributed by atoms with E-state index in [1.807, 2.05) is 11.3 Å². The van der Waals surface area contributed by atoms with Crippen LogP contribution in [0.15, 0.2) is 17.5 Å². The molecule has 0 radical (unpaired) electrons. The van der Waals surface area contributed by atoms with Crippen molar-refractivity contribution < 1.29 is 4.79 Å². The largest absolute Gasteiger partial charge is 0.338 e. The Hall–Kier alpha value is -1.11. The smallest absolute Gasteiger partial charge is 0.315 e. The number of piperidine rings is 2. The van der Waals surface area contributed by atoms with Crippen molar-refractivity contribution in [2.24, 2.45) is 5.92 Å². The predicted molar refractivity (Wildman–Crippen MR) is 99.4 cm³/mol. The monoisotopic (exact) mass is 350 g/mol. The Bertz CT molecular complexity index is 499. The molecule has 0 bridgehead atoms. The Morgan fingerprint density at radius 1 is 1.29 bits per heavy atom. The predicted octanol–water partition coefficient (Wildman–Crippen LogP) is 2.35. The molecule has 1 aromatic rings. The molecule has 2 aliphatic heterocycles. The summed E-state index contributed by atoms with van der Waals surface area (Å²) < 4.78 is 0. The van der Waals surface area contributed by atoms with Crippen LogP contribution in [0.5, 0.6) is 0 Å². The summed E-state index contributed by atoms with van der Waals surface area (Å²) in [6.07, 6.45) is 4.56. The van der Waals surface area contributed by atoms with Crippen LogP contribution in [0, 0.1) is 5.92 Å². The van der Waals surface area contributed by atoms with Crippen LogP contribution >= 0.6 is 11.3 Å². The lowest BCUT2D eigenvalue weighted by atomic mass is 9.98. The molecule has 6 heteroatoms. The summed E-state index contributed by atoms with van der Waals surface area (Å²) in [5.41, 5.74) is 0. The molecule has 1 aromatic heterocycles. The van der Waals surface area contributed by atoms with Crippen molar-refractivity contribution in [2.75, 3.05) is 39.8 Å². The molecule has 24 heavy (non-hydrogen) atoms. The highest BCUT2D eigenvalue weighted by Crippen LogP contribution is 2.20. The van der Waals surface area contributed by atoms with E-state index in [2.05, 4.69) is 45.0 Å². The summed E-state index contributed by atoms with van der Waals surface area (Å²) in [5, 5.41) is 8.39. The number of hydrogen-bond acceptors (Lipinski definition) is 4. The Balaban J connectivity index is 1.35. The van der Waals surface area contributed by atoms with Crippen molar-refractivity contribution in [3.05, 3.63) is 22.4 Å². The van der Waals surface area contributed by atoms with Gasteiger partial charge in [0.05, 0.1) is 0 Å². The van der Waals surface area contributed by atoms with Crippen LogP contribution in [0.2, 0.25) is 0 Å². The van der Waals surface area contributed by atoms with Gasteiger partial charge >= 0.3 is 6.03 Å². The van der Waals surface area contributed by atoms with Gasteiger partial charge in [0.15, 0.2) is 0 Å². The summed E-state index contributed by atoms with van der Waals surface area (Å²) in [7, 11) is 2.14. The molecule has 1 unspecified atom stereocenters. The highest BCUT2D eigenvalue weighted by molar-refractivity contribution is 7.09. The molecule has 5 nitrogen and oxygen atoms in total. The second-order valence-electron chi connectivity index (χ2n) is 7.25. The van der Waals surface area contributed by atoms with E-state index in [1.54, 1.807) is 0 Å². The molecule has 3 heterocycles. The summed E-state index contributed by atoms with van der Waals surface area (Å²) in [6.45, 7) is 6.26. The number of likely N-dealkylation sites (tertiary alicyclic amines) is 2. The minimum absolute atomic E-state index is 0.0138. The average Bonchev–Trinajstić information content (AvgIpc) is 3.08. The fourth-order valence-corrected chi connectivity index (χ4v) is 4.46. The van der Waals surface area contributed by atoms with Gasteiger partial charge in [-0.15, -0.1) is 11.3 Å². The average molecular weight is 351 g/mol. The molecule has 2 aliphatic rings. The molecule has 2 saturated heterocycles. The third kappa shape index (κ3) is 5.46. The van der Waals surface area contributed by atoms with E-state index in [9.17, 15) is 4.79 Å². The first-order chi connectivity index (χ1) is 11.7. The lowest BCUT2D eigenvalue weighted by molar-refractivity contribution is 0.165. The number of carbonyl (C=O) groups is 1. The first-order valence-electron chi connectivity index (χ1n) is 9.16. The molecule has 0 spiro atoms. The molecule has 2 amide bonds. The number of nitrogens with zero attached hydrogens (tertiary/aromatic N) is 2. The first-order valence-corrected chi connectivity index (χ1v) is 10.0. The van der Waals surface area contributed by atoms with Crippen LogP contribution in [0.1, 0.15) is 30.6 Å². The zero-order valence-corrected chi connectivity index (χ0v) is 15.5. The normalized spacial score (nSPS) is 24.0. The summed E-state index contributed by atoms with van der Waals surface area (Å²) in [4.78, 5) is 18.4. The van der Waals surface area contributed by atoms with Gasteiger partial charge in [0.25, 0.3) is 0 Å². The van der Waals surface area contributed by atoms with E-state index in [0.717, 1.165) is 45.6 Å². The molecule has 0 saturated carbocycles. The maximum atomic E-state index is 12.1. The number of carbonyl (C=O) groups excluding carboxylic acids is 1. The zero-order valence-electron chi connectivity index (χ0n) is 14.7. The van der Waals surface area contributed by atoms with E-state index in [4.69, 9.17) is 0 Å². The quantitative estimate of drug-likeness (QED) is 0.857. The molecule has 0 aromatic carbocycles. The van der Waals surface area contributed by atoms with Crippen molar-refractivity contribution in [3.63, 3.8) is 0 Å². The Kier molecular flexibility index (Phi) is 6.51. The number of hydrogen-bond donors (Lipinski definition) is 2. The number of amides is 2. The fraction of sp³-hybridized carbons (Fsp3) is 0.722. The molecule has 1 atom stereocenters. The first kappa shape index (κ1) is 17.7. The third-order valence-electron chi connectivity index (χ3n) is 5.17. The third-order valence-corrected chi connectivity index (χ3v) is 6.03. The summed E-state index contributed by atoms with van der Waals surface area (Å²) >= 11 is 1.83. The van der Waals surface area contributed by atoms with E-state index < -0.39 is 0 Å². The van der Waals surface area contributed by atoms with Gasteiger partial charge in [0.1, 0.15) is 0 Å². The zero-order chi connectivity index (χ0) is 16.8. The molecular formula is C18H30N4OS. The highest BCUT2D eigenvalue weighted by atomic mass is 32.1. The van der Waals surface area contributed by atoms with E-state index in [1.165, 1.54) is 24.3 Å². The lowest BCUT2D eigenvalue weighted by Gasteiger charge is -2.33. The van der Waals surface area contributed by atoms with Gasteiger partial charge in [0, 0.05) is 30.6 Å². The van der Waals surface area contributed by atoms with Crippen molar-refractivity contribution in [3.8, 4) is 0 Å². The molecule has 2 fully saturated rings. The Morgan fingerprint density at radius 3 is 2.88 bits per heavy atom. The van der Waals surface area contributed by atoms with Gasteiger partial charge < -0.3 is 15.5 Å². The van der Waals surface area contributed by atoms with Gasteiger partial charge in [-0.05, 0) is 69.7 Å². The summed E-state index contributed by atoms with van der Waals surface area (Å²) in [5.74, 6) is 0.571. The van der Waals surface area contributed by atoms with Crippen LogP contribution in [-0.4, -0.2) is 61.6 Å². The van der Waals surface area contributed by atoms with Crippen LogP contribution in [0.4, 0.5) is 4.79 Å². The highest BCUT2D eigenvalue weighted by Gasteiger charge is 2.22. The van der Waals surface area contributed by atoms with Gasteiger partial charge in [-0.2, -0.15) is 0 Å². The van der Waals surface area contributed by atoms with Crippen LogP contribution in [-0.2, 0) is 6.54 Å². The second kappa shape index (κ2) is 8.83. The van der Waals surface area contributed by atoms with Gasteiger partial charge in [-0.3, -0.25) is 4.90 Å². The van der Waals surface area contributed by atoms with Crippen molar-refractivity contribution in [1.29, 1.82) is 0 Å². The Labute approximate surface area is 149 Å². The minimum atomic E-state index is 0.0138. The van der Waals surface area contributed by atoms with E-state index in [0.29, 0.717) is 12.0 Å². The van der Waals surface area contributed by atoms with Gasteiger partial charge in [0.2, 0.25) is 0 Å². The van der Waals surface area contributed by atoms with Gasteiger partial charge in [-0.1, -0.05) is 6.07 Å². The Morgan fingerprint density at radius 2 is 2.12 bits per heavy atom. The SMILES string of the molecule is CN1CCC(NC(=O)NCC2CCCN(Cc3cccs3)C2)CC1. The molecule has 0 aliphatic carbocycles. The molecule has 3 rings (SSSR count). The second-order valence-corrected chi connectivity index (χ2v) is 8.29. The number of rotatable bonds is 5. The van der Waals surface area contributed by atoms with Crippen molar-refractivity contribution in [2.45, 2.75) is 38.3 Å². The molecule has 2 N–H and O–H groups in total. The lowest BCUT2D eigenvalue weighted by Crippen LogP contribution is -2.49. The topological polar surface area (TPSA) is 47.6 Å². The van der Waals surface area contributed by atoms with Crippen LogP contribution in [0.25, 0.3) is 0 Å². The number of nitrogens with one attached hydrogen (secondary N) is 2. The van der Waals surface area contributed by atoms with Crippen LogP contribution < -0.4 is 10.6 Å². The number of urea groups is 1.